The van der Waals surface area contributed by atoms with Gasteiger partial charge in [-0.2, -0.15) is 0 Å². The summed E-state index contributed by atoms with van der Waals surface area (Å²) in [5, 5.41) is 1.11. The Morgan fingerprint density at radius 2 is 2.04 bits per heavy atom. The molecule has 0 saturated carbocycles. The second kappa shape index (κ2) is 6.76. The zero-order valence-electron chi connectivity index (χ0n) is 15.1. The van der Waals surface area contributed by atoms with Gasteiger partial charge < -0.3 is 0 Å². The molecule has 1 aromatic heterocycles. The van der Waals surface area contributed by atoms with E-state index in [2.05, 4.69) is 11.0 Å². The van der Waals surface area contributed by atoms with Crippen LogP contribution in [0, 0.1) is 5.82 Å². The second-order valence-electron chi connectivity index (χ2n) is 7.30. The fourth-order valence-electron chi connectivity index (χ4n) is 4.06. The van der Waals surface area contributed by atoms with Crippen molar-refractivity contribution >= 4 is 38.9 Å². The molecule has 1 saturated heterocycles. The van der Waals surface area contributed by atoms with Crippen LogP contribution in [0.25, 0.3) is 10.2 Å². The van der Waals surface area contributed by atoms with Crippen LogP contribution in [0.15, 0.2) is 42.5 Å². The van der Waals surface area contributed by atoms with E-state index in [1.807, 2.05) is 18.2 Å². The fraction of sp³-hybridized carbons (Fsp3) is 0.286. The van der Waals surface area contributed by atoms with Crippen molar-refractivity contribution in [3.63, 3.8) is 0 Å². The van der Waals surface area contributed by atoms with Crippen molar-refractivity contribution < 1.29 is 14.0 Å². The molecule has 1 amide bonds. The molecule has 1 fully saturated rings. The largest absolute Gasteiger partial charge is 0.300 e. The van der Waals surface area contributed by atoms with Crippen LogP contribution < -0.4 is 4.90 Å². The topological polar surface area (TPSA) is 53.5 Å². The number of hydrogen-bond donors (Lipinski definition) is 0. The lowest BCUT2D eigenvalue weighted by atomic mass is 9.99. The molecule has 0 bridgehead atoms. The smallest absolute Gasteiger partial charge is 0.291 e. The van der Waals surface area contributed by atoms with Crippen molar-refractivity contribution in [2.45, 2.75) is 18.8 Å². The molecule has 5 rings (SSSR count). The number of Topliss-reactive ketones (excluding diaryl/α,β-unsaturated/α-hetero) is 1. The van der Waals surface area contributed by atoms with Gasteiger partial charge in [-0.1, -0.05) is 12.1 Å². The molecule has 2 aliphatic heterocycles. The number of carbonyl (C=O) groups is 2. The molecule has 0 unspecified atom stereocenters. The van der Waals surface area contributed by atoms with Gasteiger partial charge in [-0.05, 0) is 49.7 Å². The number of halogens is 1. The van der Waals surface area contributed by atoms with Gasteiger partial charge in [0.05, 0.1) is 33.1 Å². The van der Waals surface area contributed by atoms with Gasteiger partial charge in [0.1, 0.15) is 5.82 Å². The Bertz CT molecular complexity index is 1060. The van der Waals surface area contributed by atoms with Crippen molar-refractivity contribution in [2.75, 3.05) is 24.7 Å². The van der Waals surface area contributed by atoms with E-state index in [4.69, 9.17) is 4.98 Å². The third-order valence-corrected chi connectivity index (χ3v) is 6.64. The quantitative estimate of drug-likeness (QED) is 0.633. The van der Waals surface area contributed by atoms with E-state index in [0.29, 0.717) is 18.3 Å². The molecule has 28 heavy (non-hydrogen) atoms. The summed E-state index contributed by atoms with van der Waals surface area (Å²) in [6.07, 6.45) is 2.04. The fourth-order valence-corrected chi connectivity index (χ4v) is 5.15. The first-order valence-corrected chi connectivity index (χ1v) is 10.2. The number of piperidine rings is 1. The van der Waals surface area contributed by atoms with E-state index in [9.17, 15) is 14.0 Å². The molecule has 0 radical (unpaired) electrons. The molecular formula is C21H18FN3O2S. The Kier molecular flexibility index (Phi) is 4.21. The summed E-state index contributed by atoms with van der Waals surface area (Å²) in [6.45, 7) is 1.90. The number of carbonyl (C=O) groups excluding carboxylic acids is 2. The molecule has 2 aromatic carbocycles. The highest BCUT2D eigenvalue weighted by Crippen LogP contribution is 2.34. The highest BCUT2D eigenvalue weighted by atomic mass is 32.1. The minimum Gasteiger partial charge on any atom is -0.291 e. The highest BCUT2D eigenvalue weighted by molar-refractivity contribution is 7.18. The molecule has 142 valence electrons. The number of ketones is 1. The molecule has 0 aliphatic carbocycles. The number of amides is 1. The molecule has 0 spiro atoms. The SMILES string of the molecule is O=C1C(=O)N(CN2CCC[C@H](c3nc4ccccc4s3)C2)c2cc(F)ccc21. The summed E-state index contributed by atoms with van der Waals surface area (Å²) in [4.78, 5) is 33.0. The molecule has 7 heteroatoms. The van der Waals surface area contributed by atoms with Gasteiger partial charge in [-0.15, -0.1) is 11.3 Å². The normalized spacial score (nSPS) is 20.2. The second-order valence-corrected chi connectivity index (χ2v) is 8.36. The van der Waals surface area contributed by atoms with E-state index in [1.165, 1.54) is 27.8 Å². The van der Waals surface area contributed by atoms with E-state index in [-0.39, 0.29) is 5.56 Å². The Morgan fingerprint density at radius 3 is 2.89 bits per heavy atom. The van der Waals surface area contributed by atoms with Crippen molar-refractivity contribution in [2.24, 2.45) is 0 Å². The van der Waals surface area contributed by atoms with Crippen LogP contribution >= 0.6 is 11.3 Å². The molecule has 3 heterocycles. The number of para-hydroxylation sites is 1. The summed E-state index contributed by atoms with van der Waals surface area (Å²) < 4.78 is 14.9. The Morgan fingerprint density at radius 1 is 1.18 bits per heavy atom. The van der Waals surface area contributed by atoms with Crippen molar-refractivity contribution in [3.05, 3.63) is 58.9 Å². The molecule has 0 N–H and O–H groups in total. The first-order valence-electron chi connectivity index (χ1n) is 9.34. The van der Waals surface area contributed by atoms with E-state index in [1.54, 1.807) is 11.3 Å². The first-order chi connectivity index (χ1) is 13.6. The van der Waals surface area contributed by atoms with Crippen LogP contribution in [0.5, 0.6) is 0 Å². The van der Waals surface area contributed by atoms with Crippen LogP contribution in [0.2, 0.25) is 0 Å². The highest BCUT2D eigenvalue weighted by Gasteiger charge is 2.37. The van der Waals surface area contributed by atoms with Gasteiger partial charge in [0, 0.05) is 12.5 Å². The molecular weight excluding hydrogens is 377 g/mol. The number of rotatable bonds is 3. The Hall–Kier alpha value is -2.64. The number of nitrogens with zero attached hydrogens (tertiary/aromatic N) is 3. The molecule has 5 nitrogen and oxygen atoms in total. The van der Waals surface area contributed by atoms with Gasteiger partial charge in [-0.25, -0.2) is 9.37 Å². The summed E-state index contributed by atoms with van der Waals surface area (Å²) in [7, 11) is 0. The van der Waals surface area contributed by atoms with Gasteiger partial charge >= 0.3 is 5.91 Å². The van der Waals surface area contributed by atoms with Crippen molar-refractivity contribution in [1.82, 2.24) is 9.88 Å². The van der Waals surface area contributed by atoms with Crippen LogP contribution in [-0.4, -0.2) is 41.3 Å². The zero-order valence-corrected chi connectivity index (χ0v) is 15.9. The summed E-state index contributed by atoms with van der Waals surface area (Å²) in [5.41, 5.74) is 1.67. The lowest BCUT2D eigenvalue weighted by Gasteiger charge is -2.34. The third kappa shape index (κ3) is 2.91. The van der Waals surface area contributed by atoms with E-state index in [0.717, 1.165) is 36.5 Å². The van der Waals surface area contributed by atoms with Crippen molar-refractivity contribution in [3.8, 4) is 0 Å². The number of benzene rings is 2. The number of thiazole rings is 1. The van der Waals surface area contributed by atoms with Crippen LogP contribution in [0.3, 0.4) is 0 Å². The van der Waals surface area contributed by atoms with Crippen molar-refractivity contribution in [1.29, 1.82) is 0 Å². The lowest BCUT2D eigenvalue weighted by molar-refractivity contribution is -0.114. The summed E-state index contributed by atoms with van der Waals surface area (Å²) in [5.74, 6) is -1.29. The lowest BCUT2D eigenvalue weighted by Crippen LogP contribution is -2.44. The molecule has 1 atom stereocenters. The van der Waals surface area contributed by atoms with Crippen LogP contribution in [0.4, 0.5) is 10.1 Å². The molecule has 3 aromatic rings. The molecule has 2 aliphatic rings. The third-order valence-electron chi connectivity index (χ3n) is 5.44. The monoisotopic (exact) mass is 395 g/mol. The number of aromatic nitrogens is 1. The van der Waals surface area contributed by atoms with Crippen LogP contribution in [0.1, 0.15) is 34.1 Å². The van der Waals surface area contributed by atoms with Gasteiger partial charge in [0.2, 0.25) is 0 Å². The number of hydrogen-bond acceptors (Lipinski definition) is 5. The standard InChI is InChI=1S/C21H18FN3O2S/c22-14-7-8-15-17(10-14)25(21(27)19(15)26)12-24-9-3-4-13(11-24)20-23-16-5-1-2-6-18(16)28-20/h1-2,5-8,10,13H,3-4,9,11-12H2/t13-/m0/s1. The predicted molar refractivity (Wildman–Crippen MR) is 106 cm³/mol. The van der Waals surface area contributed by atoms with Gasteiger partial charge in [0.15, 0.2) is 0 Å². The van der Waals surface area contributed by atoms with Gasteiger partial charge in [0.25, 0.3) is 5.78 Å². The average molecular weight is 395 g/mol. The summed E-state index contributed by atoms with van der Waals surface area (Å²) in [6, 6.07) is 12.0. The first kappa shape index (κ1) is 17.5. The predicted octanol–water partition coefficient (Wildman–Crippen LogP) is 3.80. The maximum Gasteiger partial charge on any atom is 0.300 e. The maximum atomic E-state index is 13.7. The maximum absolute atomic E-state index is 13.7. The minimum atomic E-state index is -0.581. The van der Waals surface area contributed by atoms with E-state index < -0.39 is 17.5 Å². The zero-order chi connectivity index (χ0) is 19.3. The number of anilines is 1. The minimum absolute atomic E-state index is 0.283. The Labute approximate surface area is 165 Å². The number of fused-ring (bicyclic) bond motifs is 2. The summed E-state index contributed by atoms with van der Waals surface area (Å²) >= 11 is 1.72. The van der Waals surface area contributed by atoms with Crippen LogP contribution in [-0.2, 0) is 4.79 Å². The number of likely N-dealkylation sites (tertiary alicyclic amines) is 1. The van der Waals surface area contributed by atoms with Gasteiger partial charge in [-0.3, -0.25) is 19.4 Å². The Balaban J connectivity index is 1.37. The average Bonchev–Trinajstić information content (AvgIpc) is 3.24. The van der Waals surface area contributed by atoms with E-state index >= 15 is 0 Å².